The largest absolute Gasteiger partial charge is 0.378 e. The number of hydrogen-bond acceptors (Lipinski definition) is 3. The van der Waals surface area contributed by atoms with Crippen LogP contribution in [0.5, 0.6) is 0 Å². The van der Waals surface area contributed by atoms with E-state index >= 15 is 0 Å². The molecule has 1 saturated heterocycles. The molecule has 3 rings (SSSR count). The molecular weight excluding hydrogens is 276 g/mol. The number of nitrogens with one attached hydrogen (secondary N) is 2. The van der Waals surface area contributed by atoms with Gasteiger partial charge in [-0.2, -0.15) is 0 Å². The molecule has 2 fully saturated rings. The van der Waals surface area contributed by atoms with E-state index < -0.39 is 0 Å². The molecule has 1 aromatic carbocycles. The number of carbonyl (C=O) groups is 1. The SMILES string of the molecule is COC1CNCC1NC(=O)C1(c2ccccc2)CC1.Cl. The maximum Gasteiger partial charge on any atom is 0.231 e. The van der Waals surface area contributed by atoms with Gasteiger partial charge in [-0.3, -0.25) is 4.79 Å². The van der Waals surface area contributed by atoms with Crippen LogP contribution >= 0.6 is 12.4 Å². The van der Waals surface area contributed by atoms with Crippen LogP contribution in [-0.4, -0.2) is 38.3 Å². The zero-order valence-corrected chi connectivity index (χ0v) is 12.4. The summed E-state index contributed by atoms with van der Waals surface area (Å²) in [5, 5.41) is 6.41. The van der Waals surface area contributed by atoms with Crippen molar-refractivity contribution in [3.05, 3.63) is 35.9 Å². The Morgan fingerprint density at radius 3 is 2.60 bits per heavy atom. The second-order valence-corrected chi connectivity index (χ2v) is 5.46. The molecule has 110 valence electrons. The first-order chi connectivity index (χ1) is 9.26. The van der Waals surface area contributed by atoms with Crippen LogP contribution in [0.25, 0.3) is 0 Å². The van der Waals surface area contributed by atoms with E-state index in [2.05, 4.69) is 10.6 Å². The Balaban J connectivity index is 0.00000147. The highest BCUT2D eigenvalue weighted by Crippen LogP contribution is 2.48. The van der Waals surface area contributed by atoms with Gasteiger partial charge in [0.15, 0.2) is 0 Å². The molecule has 2 N–H and O–H groups in total. The zero-order valence-electron chi connectivity index (χ0n) is 11.6. The molecule has 0 radical (unpaired) electrons. The van der Waals surface area contributed by atoms with Crippen LogP contribution < -0.4 is 10.6 Å². The summed E-state index contributed by atoms with van der Waals surface area (Å²) < 4.78 is 5.39. The summed E-state index contributed by atoms with van der Waals surface area (Å²) in [6, 6.07) is 10.2. The van der Waals surface area contributed by atoms with E-state index in [0.29, 0.717) is 0 Å². The van der Waals surface area contributed by atoms with E-state index in [1.54, 1.807) is 7.11 Å². The Morgan fingerprint density at radius 2 is 2.00 bits per heavy atom. The summed E-state index contributed by atoms with van der Waals surface area (Å²) in [7, 11) is 1.70. The van der Waals surface area contributed by atoms with E-state index in [0.717, 1.165) is 31.5 Å². The third-order valence-corrected chi connectivity index (χ3v) is 4.29. The molecule has 0 bridgehead atoms. The number of halogens is 1. The van der Waals surface area contributed by atoms with Crippen molar-refractivity contribution >= 4 is 18.3 Å². The van der Waals surface area contributed by atoms with Gasteiger partial charge in [-0.1, -0.05) is 30.3 Å². The molecule has 4 nitrogen and oxygen atoms in total. The lowest BCUT2D eigenvalue weighted by molar-refractivity contribution is -0.124. The Hall–Kier alpha value is -1.10. The van der Waals surface area contributed by atoms with Crippen LogP contribution in [-0.2, 0) is 14.9 Å². The second kappa shape index (κ2) is 6.12. The summed E-state index contributed by atoms with van der Waals surface area (Å²) in [6.45, 7) is 1.59. The van der Waals surface area contributed by atoms with E-state index in [-0.39, 0.29) is 35.9 Å². The molecule has 1 aliphatic heterocycles. The van der Waals surface area contributed by atoms with Crippen molar-refractivity contribution in [2.75, 3.05) is 20.2 Å². The van der Waals surface area contributed by atoms with Crippen LogP contribution in [0.3, 0.4) is 0 Å². The molecule has 2 atom stereocenters. The van der Waals surface area contributed by atoms with Crippen molar-refractivity contribution in [3.63, 3.8) is 0 Å². The zero-order chi connectivity index (χ0) is 13.3. The number of hydrogen-bond donors (Lipinski definition) is 2. The molecular formula is C15H21ClN2O2. The lowest BCUT2D eigenvalue weighted by atomic mass is 9.94. The van der Waals surface area contributed by atoms with Crippen LogP contribution in [0, 0.1) is 0 Å². The van der Waals surface area contributed by atoms with Gasteiger partial charge in [0.05, 0.1) is 17.6 Å². The maximum atomic E-state index is 12.6. The minimum Gasteiger partial charge on any atom is -0.378 e. The third kappa shape index (κ3) is 2.68. The van der Waals surface area contributed by atoms with Crippen molar-refractivity contribution in [3.8, 4) is 0 Å². The van der Waals surface area contributed by atoms with Crippen LogP contribution in [0.2, 0.25) is 0 Å². The molecule has 1 aliphatic carbocycles. The standard InChI is InChI=1S/C15H20N2O2.ClH/c1-19-13-10-16-9-12(13)17-14(18)15(7-8-15)11-5-3-2-4-6-11;/h2-6,12-13,16H,7-10H2,1H3,(H,17,18);1H. The van der Waals surface area contributed by atoms with Gasteiger partial charge in [-0.15, -0.1) is 12.4 Å². The predicted molar refractivity (Wildman–Crippen MR) is 80.2 cm³/mol. The first-order valence-corrected chi connectivity index (χ1v) is 6.86. The maximum absolute atomic E-state index is 12.6. The monoisotopic (exact) mass is 296 g/mol. The highest BCUT2D eigenvalue weighted by atomic mass is 35.5. The predicted octanol–water partition coefficient (Wildman–Crippen LogP) is 1.24. The second-order valence-electron chi connectivity index (χ2n) is 5.46. The van der Waals surface area contributed by atoms with Crippen molar-refractivity contribution in [1.82, 2.24) is 10.6 Å². The van der Waals surface area contributed by atoms with Gasteiger partial charge in [0, 0.05) is 20.2 Å². The molecule has 0 aromatic heterocycles. The number of ether oxygens (including phenoxy) is 1. The average Bonchev–Trinajstić information content (AvgIpc) is 3.15. The summed E-state index contributed by atoms with van der Waals surface area (Å²) in [5.41, 5.74) is 0.842. The summed E-state index contributed by atoms with van der Waals surface area (Å²) in [6.07, 6.45) is 1.97. The van der Waals surface area contributed by atoms with E-state index in [1.165, 1.54) is 0 Å². The van der Waals surface area contributed by atoms with E-state index in [9.17, 15) is 4.79 Å². The van der Waals surface area contributed by atoms with Gasteiger partial charge in [-0.05, 0) is 18.4 Å². The van der Waals surface area contributed by atoms with Gasteiger partial charge in [0.1, 0.15) is 0 Å². The molecule has 0 spiro atoms. The van der Waals surface area contributed by atoms with Crippen LogP contribution in [0.1, 0.15) is 18.4 Å². The first kappa shape index (κ1) is 15.3. The van der Waals surface area contributed by atoms with Crippen molar-refractivity contribution in [1.29, 1.82) is 0 Å². The summed E-state index contributed by atoms with van der Waals surface area (Å²) in [4.78, 5) is 12.6. The molecule has 2 aliphatic rings. The van der Waals surface area contributed by atoms with Crippen molar-refractivity contribution in [2.45, 2.75) is 30.4 Å². The molecule has 1 aromatic rings. The fraction of sp³-hybridized carbons (Fsp3) is 0.533. The Labute approximate surface area is 125 Å². The van der Waals surface area contributed by atoms with Gasteiger partial charge in [-0.25, -0.2) is 0 Å². The fourth-order valence-corrected chi connectivity index (χ4v) is 2.88. The number of carbonyl (C=O) groups excluding carboxylic acids is 1. The smallest absolute Gasteiger partial charge is 0.231 e. The van der Waals surface area contributed by atoms with Gasteiger partial charge >= 0.3 is 0 Å². The van der Waals surface area contributed by atoms with Crippen molar-refractivity contribution in [2.24, 2.45) is 0 Å². The highest BCUT2D eigenvalue weighted by Gasteiger charge is 2.52. The van der Waals surface area contributed by atoms with Crippen LogP contribution in [0.15, 0.2) is 30.3 Å². The quantitative estimate of drug-likeness (QED) is 0.879. The third-order valence-electron chi connectivity index (χ3n) is 4.29. The molecule has 1 saturated carbocycles. The molecule has 2 unspecified atom stereocenters. The topological polar surface area (TPSA) is 50.4 Å². The minimum atomic E-state index is -0.290. The van der Waals surface area contributed by atoms with Crippen molar-refractivity contribution < 1.29 is 9.53 Å². The normalized spacial score (nSPS) is 26.6. The number of benzene rings is 1. The lowest BCUT2D eigenvalue weighted by Crippen LogP contribution is -2.47. The number of methoxy groups -OCH3 is 1. The molecule has 5 heteroatoms. The van der Waals surface area contributed by atoms with Gasteiger partial charge in [0.25, 0.3) is 0 Å². The van der Waals surface area contributed by atoms with E-state index in [4.69, 9.17) is 4.74 Å². The summed E-state index contributed by atoms with van der Waals surface area (Å²) in [5.74, 6) is 0.148. The van der Waals surface area contributed by atoms with Gasteiger partial charge < -0.3 is 15.4 Å². The Kier molecular flexibility index (Phi) is 4.68. The molecule has 1 amide bonds. The lowest BCUT2D eigenvalue weighted by Gasteiger charge is -2.22. The highest BCUT2D eigenvalue weighted by molar-refractivity contribution is 5.91. The Morgan fingerprint density at radius 1 is 1.30 bits per heavy atom. The van der Waals surface area contributed by atoms with E-state index in [1.807, 2.05) is 30.3 Å². The number of rotatable bonds is 4. The minimum absolute atomic E-state index is 0. The first-order valence-electron chi connectivity index (χ1n) is 6.86. The summed E-state index contributed by atoms with van der Waals surface area (Å²) >= 11 is 0. The number of amides is 1. The average molecular weight is 297 g/mol. The molecule has 1 heterocycles. The van der Waals surface area contributed by atoms with Gasteiger partial charge in [0.2, 0.25) is 5.91 Å². The Bertz CT molecular complexity index is 462. The molecule has 20 heavy (non-hydrogen) atoms. The fourth-order valence-electron chi connectivity index (χ4n) is 2.88. The van der Waals surface area contributed by atoms with Crippen LogP contribution in [0.4, 0.5) is 0 Å².